The van der Waals surface area contributed by atoms with Gasteiger partial charge in [-0.15, -0.1) is 0 Å². The lowest BCUT2D eigenvalue weighted by molar-refractivity contribution is -0.137. The van der Waals surface area contributed by atoms with Crippen molar-refractivity contribution in [2.75, 3.05) is 0 Å². The molecule has 0 radical (unpaired) electrons. The minimum atomic E-state index is -3.69. The third-order valence-corrected chi connectivity index (χ3v) is 8.47. The number of aromatic nitrogens is 2. The number of hydrogen-bond donors (Lipinski definition) is 4. The number of benzene rings is 1. The summed E-state index contributed by atoms with van der Waals surface area (Å²) in [6.45, 7) is 0. The average molecular weight is 452 g/mol. The minimum Gasteiger partial charge on any atom is -0.481 e. The number of carboxylic acid groups (broad SMARTS) is 1. The quantitative estimate of drug-likeness (QED) is 0.453. The molecule has 0 saturated heterocycles. The second kappa shape index (κ2) is 7.72. The molecule has 3 aromatic rings. The number of sulfone groups is 1. The Balaban J connectivity index is 1.88. The molecule has 2 heterocycles. The molecule has 0 bridgehead atoms. The van der Waals surface area contributed by atoms with E-state index in [2.05, 4.69) is 9.97 Å². The normalized spacial score (nSPS) is 19.7. The summed E-state index contributed by atoms with van der Waals surface area (Å²) in [6, 6.07) is 2.84. The smallest absolute Gasteiger partial charge is 0.303 e. The maximum absolute atomic E-state index is 13.2. The van der Waals surface area contributed by atoms with Crippen molar-refractivity contribution < 1.29 is 18.3 Å². The van der Waals surface area contributed by atoms with Gasteiger partial charge in [0.2, 0.25) is 0 Å². The first kappa shape index (κ1) is 20.9. The molecule has 0 spiro atoms. The van der Waals surface area contributed by atoms with Gasteiger partial charge in [0, 0.05) is 29.4 Å². The molecule has 8 nitrogen and oxygen atoms in total. The molecule has 5 N–H and O–H groups in total. The first-order chi connectivity index (χ1) is 14.2. The Morgan fingerprint density at radius 2 is 2.07 bits per heavy atom. The van der Waals surface area contributed by atoms with E-state index in [1.807, 2.05) is 0 Å². The lowest BCUT2D eigenvalue weighted by atomic mass is 10.0. The van der Waals surface area contributed by atoms with Gasteiger partial charge in [-0.3, -0.25) is 9.59 Å². The predicted molar refractivity (Wildman–Crippen MR) is 115 cm³/mol. The van der Waals surface area contributed by atoms with Crippen molar-refractivity contribution in [3.8, 4) is 0 Å². The number of carboxylic acids is 1. The van der Waals surface area contributed by atoms with Gasteiger partial charge in [-0.2, -0.15) is 0 Å². The summed E-state index contributed by atoms with van der Waals surface area (Å²) >= 11 is 6.33. The Hall–Kier alpha value is -2.36. The Morgan fingerprint density at radius 3 is 2.73 bits per heavy atom. The van der Waals surface area contributed by atoms with Crippen LogP contribution in [0.1, 0.15) is 37.7 Å². The van der Waals surface area contributed by atoms with E-state index in [1.165, 1.54) is 12.1 Å². The van der Waals surface area contributed by atoms with E-state index in [0.29, 0.717) is 53.9 Å². The summed E-state index contributed by atoms with van der Waals surface area (Å²) < 4.78 is 26.5. The van der Waals surface area contributed by atoms with Gasteiger partial charge in [-0.05, 0) is 49.8 Å². The lowest BCUT2D eigenvalue weighted by Gasteiger charge is -2.14. The lowest BCUT2D eigenvalue weighted by Crippen LogP contribution is -2.22. The van der Waals surface area contributed by atoms with Gasteiger partial charge in [-0.1, -0.05) is 11.6 Å². The maximum Gasteiger partial charge on any atom is 0.303 e. The van der Waals surface area contributed by atoms with E-state index >= 15 is 0 Å². The Labute approximate surface area is 177 Å². The molecule has 0 aliphatic heterocycles. The monoisotopic (exact) mass is 451 g/mol. The zero-order chi connectivity index (χ0) is 21.6. The number of aliphatic carboxylic acids is 1. The van der Waals surface area contributed by atoms with E-state index in [4.69, 9.17) is 22.4 Å². The predicted octanol–water partition coefficient (Wildman–Crippen LogP) is 2.72. The van der Waals surface area contributed by atoms with Crippen LogP contribution in [0.2, 0.25) is 5.02 Å². The molecule has 10 heteroatoms. The summed E-state index contributed by atoms with van der Waals surface area (Å²) in [5, 5.41) is 9.52. The third-order valence-electron chi connectivity index (χ3n) is 5.79. The second-order valence-electron chi connectivity index (χ2n) is 7.83. The van der Waals surface area contributed by atoms with Crippen LogP contribution >= 0.6 is 11.6 Å². The largest absolute Gasteiger partial charge is 0.481 e. The molecule has 1 aromatic carbocycles. The highest BCUT2D eigenvalue weighted by molar-refractivity contribution is 7.92. The van der Waals surface area contributed by atoms with Crippen LogP contribution in [0.3, 0.4) is 0 Å². The Kier molecular flexibility index (Phi) is 5.37. The fourth-order valence-electron chi connectivity index (χ4n) is 4.28. The molecular formula is C20H22ClN3O5S. The fraction of sp³-hybridized carbons (Fsp3) is 0.400. The summed E-state index contributed by atoms with van der Waals surface area (Å²) in [5.41, 5.74) is 7.07. The molecule has 1 fully saturated rings. The SMILES string of the molecule is NC1CC[C@H](S(=O)(=O)c2cc3c(cc2Cl)[nH]c(=O)c2[nH]cc(CCCC(=O)O)c23)C1. The summed E-state index contributed by atoms with van der Waals surface area (Å²) in [4.78, 5) is 29.0. The molecule has 1 saturated carbocycles. The highest BCUT2D eigenvalue weighted by Crippen LogP contribution is 2.36. The van der Waals surface area contributed by atoms with E-state index in [0.717, 1.165) is 5.56 Å². The van der Waals surface area contributed by atoms with Crippen LogP contribution in [-0.4, -0.2) is 40.8 Å². The number of aryl methyl sites for hydroxylation is 1. The molecule has 4 rings (SSSR count). The molecule has 1 unspecified atom stereocenters. The Morgan fingerprint density at radius 1 is 1.30 bits per heavy atom. The van der Waals surface area contributed by atoms with Crippen molar-refractivity contribution in [1.29, 1.82) is 0 Å². The van der Waals surface area contributed by atoms with Crippen LogP contribution in [0.5, 0.6) is 0 Å². The number of nitrogens with two attached hydrogens (primary N) is 1. The van der Waals surface area contributed by atoms with Crippen LogP contribution in [-0.2, 0) is 21.1 Å². The summed E-state index contributed by atoms with van der Waals surface area (Å²) in [7, 11) is -3.69. The van der Waals surface area contributed by atoms with Crippen molar-refractivity contribution in [1.82, 2.24) is 9.97 Å². The highest BCUT2D eigenvalue weighted by atomic mass is 35.5. The highest BCUT2D eigenvalue weighted by Gasteiger charge is 2.35. The number of rotatable bonds is 6. The molecular weight excluding hydrogens is 430 g/mol. The topological polar surface area (TPSA) is 146 Å². The molecule has 2 aromatic heterocycles. The van der Waals surface area contributed by atoms with E-state index in [1.54, 1.807) is 6.20 Å². The maximum atomic E-state index is 13.2. The number of nitrogens with one attached hydrogen (secondary N) is 2. The molecule has 0 amide bonds. The van der Waals surface area contributed by atoms with Crippen LogP contribution in [0.4, 0.5) is 0 Å². The molecule has 30 heavy (non-hydrogen) atoms. The van der Waals surface area contributed by atoms with Crippen LogP contribution in [0.15, 0.2) is 28.0 Å². The van der Waals surface area contributed by atoms with E-state index < -0.39 is 21.1 Å². The van der Waals surface area contributed by atoms with Gasteiger partial charge >= 0.3 is 5.97 Å². The first-order valence-corrected chi connectivity index (χ1v) is 11.7. The molecule has 2 atom stereocenters. The number of aromatic amines is 2. The van der Waals surface area contributed by atoms with Crippen molar-refractivity contribution in [3.63, 3.8) is 0 Å². The van der Waals surface area contributed by atoms with Crippen molar-refractivity contribution in [3.05, 3.63) is 39.3 Å². The summed E-state index contributed by atoms with van der Waals surface area (Å²) in [5.74, 6) is -0.896. The zero-order valence-corrected chi connectivity index (χ0v) is 17.6. The number of hydrogen-bond acceptors (Lipinski definition) is 5. The van der Waals surface area contributed by atoms with Gasteiger partial charge in [-0.25, -0.2) is 8.42 Å². The number of halogens is 1. The fourth-order valence-corrected chi connectivity index (χ4v) is 6.68. The number of H-pyrrole nitrogens is 2. The molecule has 1 aliphatic carbocycles. The van der Waals surface area contributed by atoms with Gasteiger partial charge in [0.15, 0.2) is 9.84 Å². The van der Waals surface area contributed by atoms with Crippen LogP contribution in [0, 0.1) is 0 Å². The zero-order valence-electron chi connectivity index (χ0n) is 16.1. The van der Waals surface area contributed by atoms with Gasteiger partial charge in [0.1, 0.15) is 5.52 Å². The van der Waals surface area contributed by atoms with Crippen molar-refractivity contribution in [2.45, 2.75) is 54.7 Å². The first-order valence-electron chi connectivity index (χ1n) is 9.75. The average Bonchev–Trinajstić information content (AvgIpc) is 3.28. The van der Waals surface area contributed by atoms with Gasteiger partial charge in [0.25, 0.3) is 5.56 Å². The molecule has 1 aliphatic rings. The molecule has 160 valence electrons. The number of carbonyl (C=O) groups is 1. The minimum absolute atomic E-state index is 0.00118. The standard InChI is InChI=1S/C20H22ClN3O5S/c21-14-8-15-13(7-16(14)30(28,29)12-5-4-11(22)6-12)18-10(2-1-3-17(25)26)9-23-19(18)20(27)24-15/h7-9,11-12,23H,1-6,22H2,(H,24,27)(H,25,26)/t11?,12-/m0/s1. The van der Waals surface area contributed by atoms with Crippen LogP contribution < -0.4 is 11.3 Å². The third kappa shape index (κ3) is 3.61. The van der Waals surface area contributed by atoms with Gasteiger partial charge in [0.05, 0.1) is 20.7 Å². The van der Waals surface area contributed by atoms with Crippen molar-refractivity contribution in [2.24, 2.45) is 5.73 Å². The van der Waals surface area contributed by atoms with E-state index in [-0.39, 0.29) is 27.9 Å². The Bertz CT molecular complexity index is 1310. The summed E-state index contributed by atoms with van der Waals surface area (Å²) in [6.07, 6.45) is 4.04. The number of fused-ring (bicyclic) bond motifs is 3. The number of pyridine rings is 1. The second-order valence-corrected chi connectivity index (χ2v) is 10.4. The van der Waals surface area contributed by atoms with Crippen LogP contribution in [0.25, 0.3) is 21.8 Å². The van der Waals surface area contributed by atoms with E-state index in [9.17, 15) is 18.0 Å². The van der Waals surface area contributed by atoms with Gasteiger partial charge < -0.3 is 20.8 Å². The van der Waals surface area contributed by atoms with Crippen molar-refractivity contribution >= 4 is 49.2 Å².